The van der Waals surface area contributed by atoms with Crippen LogP contribution < -0.4 is 4.74 Å². The fourth-order valence-corrected chi connectivity index (χ4v) is 2.46. The molecular formula is C22H23F3N2O4. The molecule has 6 nitrogen and oxygen atoms in total. The standard InChI is InChI=1S/C22H23F3N2O4/c1-16(26-31-14-17-5-9-19(10-6-17)22(23,24)25)18-7-11-20(12-8-18)30-15-27(2)21(29)4-3-13-28/h5-13H,3-4,14-15H2,1-2H3/b26-16+. The molecule has 9 heteroatoms. The van der Waals surface area contributed by atoms with Crippen molar-refractivity contribution in [3.05, 3.63) is 65.2 Å². The number of hydrogen-bond acceptors (Lipinski definition) is 5. The third kappa shape index (κ3) is 7.76. The zero-order chi connectivity index (χ0) is 22.9. The fourth-order valence-electron chi connectivity index (χ4n) is 2.46. The van der Waals surface area contributed by atoms with E-state index in [2.05, 4.69) is 5.16 Å². The van der Waals surface area contributed by atoms with Crippen molar-refractivity contribution in [3.63, 3.8) is 0 Å². The van der Waals surface area contributed by atoms with E-state index in [-0.39, 0.29) is 32.1 Å². The Bertz CT molecular complexity index is 894. The van der Waals surface area contributed by atoms with Gasteiger partial charge in [0.1, 0.15) is 18.6 Å². The Hall–Kier alpha value is -3.36. The molecule has 0 fully saturated rings. The molecule has 0 atom stereocenters. The summed E-state index contributed by atoms with van der Waals surface area (Å²) < 4.78 is 43.3. The Kier molecular flexibility index (Phi) is 8.60. The topological polar surface area (TPSA) is 68.2 Å². The van der Waals surface area contributed by atoms with Crippen LogP contribution in [0, 0.1) is 0 Å². The van der Waals surface area contributed by atoms with Gasteiger partial charge in [-0.05, 0) is 54.4 Å². The molecule has 0 radical (unpaired) electrons. The van der Waals surface area contributed by atoms with Gasteiger partial charge in [-0.3, -0.25) is 4.79 Å². The summed E-state index contributed by atoms with van der Waals surface area (Å²) in [6.45, 7) is 1.84. The Morgan fingerprint density at radius 2 is 1.74 bits per heavy atom. The molecule has 0 aliphatic heterocycles. The van der Waals surface area contributed by atoms with E-state index in [1.54, 1.807) is 38.2 Å². The van der Waals surface area contributed by atoms with Gasteiger partial charge in [0, 0.05) is 19.9 Å². The number of carbonyl (C=O) groups excluding carboxylic acids is 2. The summed E-state index contributed by atoms with van der Waals surface area (Å²) in [5.74, 6) is 0.370. The van der Waals surface area contributed by atoms with Crippen molar-refractivity contribution in [2.45, 2.75) is 32.5 Å². The van der Waals surface area contributed by atoms with Crippen LogP contribution >= 0.6 is 0 Å². The monoisotopic (exact) mass is 436 g/mol. The lowest BCUT2D eigenvalue weighted by Crippen LogP contribution is -2.30. The van der Waals surface area contributed by atoms with Crippen molar-refractivity contribution in [2.75, 3.05) is 13.8 Å². The molecule has 0 bridgehead atoms. The maximum absolute atomic E-state index is 12.6. The lowest BCUT2D eigenvalue weighted by atomic mass is 10.1. The number of alkyl halides is 3. The second kappa shape index (κ2) is 11.1. The molecule has 0 saturated heterocycles. The summed E-state index contributed by atoms with van der Waals surface area (Å²) >= 11 is 0. The molecule has 0 saturated carbocycles. The molecule has 0 aromatic heterocycles. The zero-order valence-corrected chi connectivity index (χ0v) is 17.2. The van der Waals surface area contributed by atoms with Gasteiger partial charge >= 0.3 is 6.18 Å². The summed E-state index contributed by atoms with van der Waals surface area (Å²) in [5.41, 5.74) is 1.21. The van der Waals surface area contributed by atoms with Crippen LogP contribution in [0.5, 0.6) is 5.75 Å². The minimum Gasteiger partial charge on any atom is -0.473 e. The zero-order valence-electron chi connectivity index (χ0n) is 17.2. The van der Waals surface area contributed by atoms with Gasteiger partial charge in [0.05, 0.1) is 11.3 Å². The molecule has 0 N–H and O–H groups in total. The van der Waals surface area contributed by atoms with E-state index in [4.69, 9.17) is 9.57 Å². The minimum absolute atomic E-state index is 0.0428. The summed E-state index contributed by atoms with van der Waals surface area (Å²) in [7, 11) is 1.59. The lowest BCUT2D eigenvalue weighted by molar-refractivity contribution is -0.137. The second-order valence-corrected chi connectivity index (χ2v) is 6.74. The summed E-state index contributed by atoms with van der Waals surface area (Å²) in [6.07, 6.45) is -3.35. The van der Waals surface area contributed by atoms with Gasteiger partial charge in [-0.25, -0.2) is 0 Å². The number of halogens is 3. The van der Waals surface area contributed by atoms with E-state index in [9.17, 15) is 22.8 Å². The number of amides is 1. The number of benzene rings is 2. The second-order valence-electron chi connectivity index (χ2n) is 6.74. The number of nitrogens with zero attached hydrogens (tertiary/aromatic N) is 2. The van der Waals surface area contributed by atoms with Gasteiger partial charge in [-0.2, -0.15) is 13.2 Å². The highest BCUT2D eigenvalue weighted by Gasteiger charge is 2.29. The quantitative estimate of drug-likeness (QED) is 0.239. The van der Waals surface area contributed by atoms with Crippen LogP contribution in [0.3, 0.4) is 0 Å². The van der Waals surface area contributed by atoms with E-state index in [0.29, 0.717) is 23.3 Å². The molecule has 2 rings (SSSR count). The van der Waals surface area contributed by atoms with E-state index in [0.717, 1.165) is 17.7 Å². The minimum atomic E-state index is -4.37. The predicted molar refractivity (Wildman–Crippen MR) is 108 cm³/mol. The third-order valence-electron chi connectivity index (χ3n) is 4.31. The smallest absolute Gasteiger partial charge is 0.416 e. The Balaban J connectivity index is 1.84. The molecule has 0 aliphatic rings. The van der Waals surface area contributed by atoms with Crippen molar-refractivity contribution >= 4 is 17.9 Å². The third-order valence-corrected chi connectivity index (χ3v) is 4.31. The number of aldehydes is 1. The average Bonchev–Trinajstić information content (AvgIpc) is 2.75. The van der Waals surface area contributed by atoms with Gasteiger partial charge in [0.2, 0.25) is 5.91 Å². The number of hydrogen-bond donors (Lipinski definition) is 0. The number of carbonyl (C=O) groups is 2. The fraction of sp³-hybridized carbons (Fsp3) is 0.318. The molecule has 2 aromatic carbocycles. The molecule has 1 amide bonds. The van der Waals surface area contributed by atoms with Crippen molar-refractivity contribution in [2.24, 2.45) is 5.16 Å². The first-order valence-electron chi connectivity index (χ1n) is 9.44. The van der Waals surface area contributed by atoms with Gasteiger partial charge < -0.3 is 19.3 Å². The molecule has 0 aliphatic carbocycles. The van der Waals surface area contributed by atoms with Crippen LogP contribution in [0.25, 0.3) is 0 Å². The summed E-state index contributed by atoms with van der Waals surface area (Å²) in [4.78, 5) is 28.7. The highest BCUT2D eigenvalue weighted by molar-refractivity contribution is 5.98. The van der Waals surface area contributed by atoms with Crippen molar-refractivity contribution in [3.8, 4) is 5.75 Å². The number of rotatable bonds is 10. The molecule has 166 valence electrons. The molecular weight excluding hydrogens is 413 g/mol. The normalized spacial score (nSPS) is 11.7. The van der Waals surface area contributed by atoms with E-state index in [1.807, 2.05) is 0 Å². The maximum Gasteiger partial charge on any atom is 0.416 e. The molecule has 0 heterocycles. The Morgan fingerprint density at radius 1 is 1.10 bits per heavy atom. The van der Waals surface area contributed by atoms with Crippen LogP contribution in [0.2, 0.25) is 0 Å². The van der Waals surface area contributed by atoms with E-state index < -0.39 is 11.7 Å². The predicted octanol–water partition coefficient (Wildman–Crippen LogP) is 4.42. The summed E-state index contributed by atoms with van der Waals surface area (Å²) in [5, 5.41) is 3.99. The lowest BCUT2D eigenvalue weighted by Gasteiger charge is -2.17. The van der Waals surface area contributed by atoms with Gasteiger partial charge in [-0.15, -0.1) is 0 Å². The highest BCUT2D eigenvalue weighted by Crippen LogP contribution is 2.29. The van der Waals surface area contributed by atoms with Crippen molar-refractivity contribution in [1.29, 1.82) is 0 Å². The molecule has 0 spiro atoms. The van der Waals surface area contributed by atoms with Crippen LogP contribution in [0.4, 0.5) is 13.2 Å². The Morgan fingerprint density at radius 3 is 2.32 bits per heavy atom. The average molecular weight is 436 g/mol. The van der Waals surface area contributed by atoms with Crippen LogP contribution in [0.1, 0.15) is 36.5 Å². The maximum atomic E-state index is 12.6. The van der Waals surface area contributed by atoms with Crippen molar-refractivity contribution in [1.82, 2.24) is 4.90 Å². The first kappa shape index (κ1) is 23.9. The molecule has 2 aromatic rings. The van der Waals surface area contributed by atoms with Crippen molar-refractivity contribution < 1.29 is 32.3 Å². The van der Waals surface area contributed by atoms with Gasteiger partial charge in [0.15, 0.2) is 6.73 Å². The SMILES string of the molecule is C/C(=N\OCc1ccc(C(F)(F)F)cc1)c1ccc(OCN(C)C(=O)CCC=O)cc1. The summed E-state index contributed by atoms with van der Waals surface area (Å²) in [6, 6.07) is 11.7. The largest absolute Gasteiger partial charge is 0.473 e. The number of oxime groups is 1. The first-order valence-corrected chi connectivity index (χ1v) is 9.44. The number of ether oxygens (including phenoxy) is 1. The van der Waals surface area contributed by atoms with E-state index >= 15 is 0 Å². The highest BCUT2D eigenvalue weighted by atomic mass is 19.4. The molecule has 31 heavy (non-hydrogen) atoms. The molecule has 0 unspecified atom stereocenters. The van der Waals surface area contributed by atoms with Crippen LogP contribution in [-0.4, -0.2) is 36.6 Å². The first-order chi connectivity index (χ1) is 14.7. The Labute approximate surface area is 178 Å². The van der Waals surface area contributed by atoms with E-state index in [1.165, 1.54) is 17.0 Å². The van der Waals surface area contributed by atoms with Gasteiger partial charge in [-0.1, -0.05) is 17.3 Å². The van der Waals surface area contributed by atoms with Crippen LogP contribution in [0.15, 0.2) is 53.7 Å². The van der Waals surface area contributed by atoms with Gasteiger partial charge in [0.25, 0.3) is 0 Å². The van der Waals surface area contributed by atoms with Crippen LogP contribution in [-0.2, 0) is 27.2 Å².